The molecule has 6 aromatic rings. The van der Waals surface area contributed by atoms with Crippen LogP contribution in [0.3, 0.4) is 0 Å². The predicted octanol–water partition coefficient (Wildman–Crippen LogP) is 10.1. The minimum absolute atomic E-state index is 0.280. The quantitative estimate of drug-likeness (QED) is 0.224. The topological polar surface area (TPSA) is 3.24 Å². The molecule has 0 N–H and O–H groups in total. The van der Waals surface area contributed by atoms with Crippen LogP contribution in [0, 0.1) is 0 Å². The van der Waals surface area contributed by atoms with Crippen molar-refractivity contribution in [2.75, 3.05) is 4.90 Å². The van der Waals surface area contributed by atoms with Crippen molar-refractivity contribution in [2.24, 2.45) is 0 Å². The first kappa shape index (κ1) is 22.7. The fourth-order valence-corrected chi connectivity index (χ4v) is 7.24. The van der Waals surface area contributed by atoms with Gasteiger partial charge in [0.2, 0.25) is 0 Å². The van der Waals surface area contributed by atoms with Crippen molar-refractivity contribution in [2.45, 2.75) is 12.0 Å². The third-order valence-corrected chi connectivity index (χ3v) is 9.06. The molecule has 9 rings (SSSR count). The number of rotatable bonds is 3. The molecule has 41 heavy (non-hydrogen) atoms. The molecule has 0 bridgehead atoms. The van der Waals surface area contributed by atoms with Gasteiger partial charge in [0.25, 0.3) is 0 Å². The molecular formula is C40H27N. The number of fused-ring (bicyclic) bond motifs is 8. The second-order valence-electron chi connectivity index (χ2n) is 11.4. The highest BCUT2D eigenvalue weighted by Gasteiger charge is 2.47. The first-order valence-corrected chi connectivity index (χ1v) is 14.4. The second kappa shape index (κ2) is 8.68. The predicted molar refractivity (Wildman–Crippen MR) is 173 cm³/mol. The molecule has 0 radical (unpaired) electrons. The Morgan fingerprint density at radius 3 is 1.73 bits per heavy atom. The van der Waals surface area contributed by atoms with Gasteiger partial charge in [-0.05, 0) is 91.4 Å². The molecule has 0 aromatic heterocycles. The first-order chi connectivity index (χ1) is 20.3. The van der Waals surface area contributed by atoms with Crippen LogP contribution in [0.5, 0.6) is 0 Å². The summed E-state index contributed by atoms with van der Waals surface area (Å²) in [5.74, 6) is 0.282. The van der Waals surface area contributed by atoms with Gasteiger partial charge in [-0.2, -0.15) is 0 Å². The van der Waals surface area contributed by atoms with Gasteiger partial charge in [0.05, 0.1) is 11.7 Å². The number of allylic oxidation sites excluding steroid dienone is 3. The molecule has 3 aliphatic rings. The van der Waals surface area contributed by atoms with Crippen molar-refractivity contribution in [1.29, 1.82) is 0 Å². The highest BCUT2D eigenvalue weighted by Crippen LogP contribution is 2.59. The monoisotopic (exact) mass is 521 g/mol. The summed E-state index contributed by atoms with van der Waals surface area (Å²) in [6, 6.07) is 49.0. The number of benzene rings is 6. The minimum Gasteiger partial charge on any atom is -0.332 e. The molecule has 0 spiro atoms. The molecule has 1 heteroatoms. The lowest BCUT2D eigenvalue weighted by molar-refractivity contribution is 0.778. The number of anilines is 2. The normalized spacial score (nSPS) is 18.0. The van der Waals surface area contributed by atoms with Crippen LogP contribution < -0.4 is 4.90 Å². The molecule has 2 atom stereocenters. The number of nitrogens with zero attached hydrogens (tertiary/aromatic N) is 1. The van der Waals surface area contributed by atoms with E-state index < -0.39 is 0 Å². The van der Waals surface area contributed by atoms with Gasteiger partial charge in [0, 0.05) is 17.2 Å². The van der Waals surface area contributed by atoms with Gasteiger partial charge in [0.1, 0.15) is 0 Å². The lowest BCUT2D eigenvalue weighted by Crippen LogP contribution is -2.26. The Morgan fingerprint density at radius 2 is 1.10 bits per heavy atom. The molecule has 6 aromatic carbocycles. The summed E-state index contributed by atoms with van der Waals surface area (Å²) in [6.45, 7) is 0. The van der Waals surface area contributed by atoms with Crippen molar-refractivity contribution in [3.05, 3.63) is 180 Å². The van der Waals surface area contributed by atoms with Crippen LogP contribution in [0.25, 0.3) is 32.7 Å². The Kier molecular flexibility index (Phi) is 4.80. The van der Waals surface area contributed by atoms with Crippen LogP contribution in [0.1, 0.15) is 28.2 Å². The summed E-state index contributed by atoms with van der Waals surface area (Å²) in [7, 11) is 0. The van der Waals surface area contributed by atoms with E-state index in [9.17, 15) is 0 Å². The molecule has 0 amide bonds. The maximum Gasteiger partial charge on any atom is 0.0702 e. The van der Waals surface area contributed by atoms with Gasteiger partial charge >= 0.3 is 0 Å². The first-order valence-electron chi connectivity index (χ1n) is 14.4. The van der Waals surface area contributed by atoms with Crippen molar-refractivity contribution >= 4 is 44.1 Å². The molecule has 2 unspecified atom stereocenters. The summed E-state index contributed by atoms with van der Waals surface area (Å²) in [5.41, 5.74) is 11.8. The highest BCUT2D eigenvalue weighted by atomic mass is 15.2. The van der Waals surface area contributed by atoms with E-state index in [1.54, 1.807) is 0 Å². The number of hydrogen-bond acceptors (Lipinski definition) is 1. The fraction of sp³-hybridized carbons (Fsp3) is 0.0500. The molecule has 0 fully saturated rings. The van der Waals surface area contributed by atoms with Crippen LogP contribution in [0.4, 0.5) is 11.4 Å². The highest BCUT2D eigenvalue weighted by molar-refractivity contribution is 6.05. The van der Waals surface area contributed by atoms with Gasteiger partial charge in [0.15, 0.2) is 0 Å². The smallest absolute Gasteiger partial charge is 0.0702 e. The molecule has 2 aliphatic heterocycles. The van der Waals surface area contributed by atoms with E-state index in [-0.39, 0.29) is 12.0 Å². The van der Waals surface area contributed by atoms with Crippen LogP contribution in [0.2, 0.25) is 0 Å². The lowest BCUT2D eigenvalue weighted by Gasteiger charge is -2.26. The minimum atomic E-state index is 0.280. The summed E-state index contributed by atoms with van der Waals surface area (Å²) >= 11 is 0. The largest absolute Gasteiger partial charge is 0.332 e. The van der Waals surface area contributed by atoms with Crippen LogP contribution >= 0.6 is 0 Å². The van der Waals surface area contributed by atoms with E-state index in [4.69, 9.17) is 0 Å². The van der Waals surface area contributed by atoms with Crippen LogP contribution in [-0.4, -0.2) is 6.04 Å². The zero-order chi connectivity index (χ0) is 26.9. The van der Waals surface area contributed by atoms with E-state index in [0.29, 0.717) is 0 Å². The summed E-state index contributed by atoms with van der Waals surface area (Å²) < 4.78 is 0. The average molecular weight is 522 g/mol. The Labute approximate surface area is 240 Å². The van der Waals surface area contributed by atoms with E-state index in [2.05, 4.69) is 157 Å². The summed E-state index contributed by atoms with van der Waals surface area (Å²) in [4.78, 5) is 2.62. The van der Waals surface area contributed by atoms with Gasteiger partial charge in [-0.1, -0.05) is 115 Å². The SMILES string of the molecule is C1=C(C=C(c2ccccc2)c2ccccc2)C=C2c3cc4ccccc4cc3N3c4cc5ccccc5cc4C1C23. The van der Waals surface area contributed by atoms with Crippen molar-refractivity contribution < 1.29 is 0 Å². The molecule has 192 valence electrons. The Balaban J connectivity index is 1.31. The van der Waals surface area contributed by atoms with E-state index in [1.165, 1.54) is 71.9 Å². The second-order valence-corrected chi connectivity index (χ2v) is 11.4. The van der Waals surface area contributed by atoms with Crippen LogP contribution in [0.15, 0.2) is 157 Å². The van der Waals surface area contributed by atoms with Crippen molar-refractivity contribution in [3.63, 3.8) is 0 Å². The Morgan fingerprint density at radius 1 is 0.561 bits per heavy atom. The van der Waals surface area contributed by atoms with Gasteiger partial charge in [-0.3, -0.25) is 0 Å². The van der Waals surface area contributed by atoms with E-state index in [1.807, 2.05) is 0 Å². The lowest BCUT2D eigenvalue weighted by atomic mass is 9.81. The van der Waals surface area contributed by atoms with Crippen molar-refractivity contribution in [1.82, 2.24) is 0 Å². The van der Waals surface area contributed by atoms with E-state index >= 15 is 0 Å². The number of hydrogen-bond donors (Lipinski definition) is 0. The third-order valence-electron chi connectivity index (χ3n) is 9.06. The summed E-state index contributed by atoms with van der Waals surface area (Å²) in [6.07, 6.45) is 7.36. The standard InChI is InChI=1S/C40H27N/c1-3-11-27(12-4-1)33(28-13-5-2-6-14-28)19-26-20-36-34-22-29-15-7-9-17-31(29)24-38(34)41-39-25-32-18-10-8-16-30(32)23-35(39)37(21-26)40(36)41/h1-25,36,40H. The fourth-order valence-electron chi connectivity index (χ4n) is 7.24. The average Bonchev–Trinajstić information content (AvgIpc) is 3.52. The zero-order valence-electron chi connectivity index (χ0n) is 22.5. The summed E-state index contributed by atoms with van der Waals surface area (Å²) in [5, 5.41) is 5.19. The molecule has 1 aliphatic carbocycles. The maximum absolute atomic E-state index is 2.62. The zero-order valence-corrected chi connectivity index (χ0v) is 22.5. The van der Waals surface area contributed by atoms with E-state index in [0.717, 1.165) is 0 Å². The maximum atomic E-state index is 2.62. The van der Waals surface area contributed by atoms with Gasteiger partial charge in [-0.25, -0.2) is 0 Å². The molecule has 0 saturated carbocycles. The van der Waals surface area contributed by atoms with Gasteiger partial charge in [-0.15, -0.1) is 0 Å². The third kappa shape index (κ3) is 3.42. The molecule has 1 nitrogen and oxygen atoms in total. The van der Waals surface area contributed by atoms with Crippen molar-refractivity contribution in [3.8, 4) is 0 Å². The molecular weight excluding hydrogens is 494 g/mol. The Hall–Kier alpha value is -5.14. The Bertz CT molecular complexity index is 2050. The molecule has 0 saturated heterocycles. The van der Waals surface area contributed by atoms with Crippen LogP contribution in [-0.2, 0) is 0 Å². The van der Waals surface area contributed by atoms with Gasteiger partial charge < -0.3 is 4.90 Å². The molecule has 2 heterocycles.